The summed E-state index contributed by atoms with van der Waals surface area (Å²) in [7, 11) is -2.01. The summed E-state index contributed by atoms with van der Waals surface area (Å²) in [6.45, 7) is 2.01. The lowest BCUT2D eigenvalue weighted by Gasteiger charge is -2.11. The fraction of sp³-hybridized carbons (Fsp3) is 0.455. The molecule has 0 spiro atoms. The first-order chi connectivity index (χ1) is 8.35. The molecule has 0 bridgehead atoms. The minimum absolute atomic E-state index is 0.0775. The van der Waals surface area contributed by atoms with Crippen molar-refractivity contribution >= 4 is 27.3 Å². The van der Waals surface area contributed by atoms with Crippen LogP contribution in [0.1, 0.15) is 12.0 Å². The van der Waals surface area contributed by atoms with Crippen LogP contribution in [0.15, 0.2) is 12.1 Å². The molecule has 102 valence electrons. The monoisotopic (exact) mass is 293 g/mol. The van der Waals surface area contributed by atoms with Crippen LogP contribution in [0.2, 0.25) is 5.02 Å². The van der Waals surface area contributed by atoms with Crippen molar-refractivity contribution in [2.75, 3.05) is 24.2 Å². The average molecular weight is 294 g/mol. The van der Waals surface area contributed by atoms with Gasteiger partial charge in [0.2, 0.25) is 10.0 Å². The highest BCUT2D eigenvalue weighted by molar-refractivity contribution is 7.92. The van der Waals surface area contributed by atoms with E-state index in [9.17, 15) is 13.5 Å². The summed E-state index contributed by atoms with van der Waals surface area (Å²) in [4.78, 5) is 0. The van der Waals surface area contributed by atoms with E-state index in [1.165, 1.54) is 13.2 Å². The number of ether oxygens (including phenoxy) is 1. The maximum Gasteiger partial charge on any atom is 0.232 e. The first-order valence-electron chi connectivity index (χ1n) is 5.34. The lowest BCUT2D eigenvalue weighted by atomic mass is 10.2. The lowest BCUT2D eigenvalue weighted by molar-refractivity contribution is 0.199. The number of sulfonamides is 1. The topological polar surface area (TPSA) is 75.6 Å². The number of halogens is 1. The number of phenolic OH excluding ortho intramolecular Hbond substituents is 1. The summed E-state index contributed by atoms with van der Waals surface area (Å²) in [5.41, 5.74) is 0.606. The molecular formula is C11H16ClNO4S. The predicted octanol–water partition coefficient (Wildman–Crippen LogP) is 2.13. The van der Waals surface area contributed by atoms with Gasteiger partial charge in [-0.3, -0.25) is 4.72 Å². The Morgan fingerprint density at radius 1 is 1.44 bits per heavy atom. The third-order valence-electron chi connectivity index (χ3n) is 2.29. The van der Waals surface area contributed by atoms with E-state index in [4.69, 9.17) is 16.3 Å². The molecule has 0 aliphatic carbocycles. The molecule has 0 unspecified atom stereocenters. The van der Waals surface area contributed by atoms with Crippen LogP contribution >= 0.6 is 11.6 Å². The van der Waals surface area contributed by atoms with Gasteiger partial charge < -0.3 is 9.84 Å². The van der Waals surface area contributed by atoms with Crippen LogP contribution in [0.25, 0.3) is 0 Å². The Balaban J connectivity index is 2.84. The normalized spacial score (nSPS) is 11.5. The van der Waals surface area contributed by atoms with Crippen LogP contribution < -0.4 is 4.72 Å². The van der Waals surface area contributed by atoms with E-state index in [0.29, 0.717) is 23.6 Å². The van der Waals surface area contributed by atoms with Gasteiger partial charge in [0.05, 0.1) is 11.4 Å². The van der Waals surface area contributed by atoms with E-state index in [1.54, 1.807) is 13.0 Å². The van der Waals surface area contributed by atoms with Gasteiger partial charge in [-0.05, 0) is 31.0 Å². The molecule has 0 heterocycles. The molecule has 0 atom stereocenters. The van der Waals surface area contributed by atoms with Gasteiger partial charge in [-0.25, -0.2) is 8.42 Å². The van der Waals surface area contributed by atoms with E-state index in [0.717, 1.165) is 0 Å². The van der Waals surface area contributed by atoms with Gasteiger partial charge in [-0.2, -0.15) is 0 Å². The lowest BCUT2D eigenvalue weighted by Crippen LogP contribution is -2.18. The van der Waals surface area contributed by atoms with Gasteiger partial charge in [-0.15, -0.1) is 0 Å². The van der Waals surface area contributed by atoms with Gasteiger partial charge >= 0.3 is 0 Å². The number of aromatic hydroxyl groups is 1. The Morgan fingerprint density at radius 3 is 2.72 bits per heavy atom. The molecule has 5 nitrogen and oxygen atoms in total. The fourth-order valence-electron chi connectivity index (χ4n) is 1.43. The van der Waals surface area contributed by atoms with E-state index in [1.807, 2.05) is 0 Å². The standard InChI is InChI=1S/C11H16ClNO4S/c1-8-6-9(12)7-10(11(8)14)13-18(15,16)5-3-4-17-2/h6-7,13-14H,3-5H2,1-2H3. The minimum atomic E-state index is -3.51. The van der Waals surface area contributed by atoms with Gasteiger partial charge in [-0.1, -0.05) is 11.6 Å². The molecule has 0 saturated carbocycles. The van der Waals surface area contributed by atoms with Crippen molar-refractivity contribution in [1.29, 1.82) is 0 Å². The number of rotatable bonds is 6. The largest absolute Gasteiger partial charge is 0.505 e. The summed E-state index contributed by atoms with van der Waals surface area (Å²) in [5, 5.41) is 10.1. The predicted molar refractivity (Wildman–Crippen MR) is 71.8 cm³/mol. The van der Waals surface area contributed by atoms with Crippen LogP contribution in [0.5, 0.6) is 5.75 Å². The number of methoxy groups -OCH3 is 1. The molecule has 0 aliphatic heterocycles. The number of aryl methyl sites for hydroxylation is 1. The first-order valence-corrected chi connectivity index (χ1v) is 7.37. The molecule has 1 aromatic rings. The molecule has 0 aliphatic rings. The van der Waals surface area contributed by atoms with Crippen LogP contribution in [0.4, 0.5) is 5.69 Å². The molecule has 1 rings (SSSR count). The molecule has 0 radical (unpaired) electrons. The molecule has 0 aromatic heterocycles. The third kappa shape index (κ3) is 4.36. The maximum atomic E-state index is 11.7. The van der Waals surface area contributed by atoms with Crippen molar-refractivity contribution in [1.82, 2.24) is 0 Å². The molecule has 1 aromatic carbocycles. The number of benzene rings is 1. The van der Waals surface area contributed by atoms with E-state index < -0.39 is 10.0 Å². The summed E-state index contributed by atoms with van der Waals surface area (Å²) in [5.74, 6) is -0.194. The van der Waals surface area contributed by atoms with E-state index >= 15 is 0 Å². The SMILES string of the molecule is COCCCS(=O)(=O)Nc1cc(Cl)cc(C)c1O. The van der Waals surface area contributed by atoms with Gasteiger partial charge in [0, 0.05) is 18.7 Å². The molecule has 0 saturated heterocycles. The van der Waals surface area contributed by atoms with Crippen molar-refractivity contribution in [2.24, 2.45) is 0 Å². The fourth-order valence-corrected chi connectivity index (χ4v) is 2.79. The average Bonchev–Trinajstić information content (AvgIpc) is 2.25. The van der Waals surface area contributed by atoms with Crippen LogP contribution in [0.3, 0.4) is 0 Å². The summed E-state index contributed by atoms with van der Waals surface area (Å²) in [6.07, 6.45) is 0.381. The van der Waals surface area contributed by atoms with Crippen LogP contribution in [-0.2, 0) is 14.8 Å². The van der Waals surface area contributed by atoms with Crippen molar-refractivity contribution in [3.8, 4) is 5.75 Å². The van der Waals surface area contributed by atoms with Crippen molar-refractivity contribution < 1.29 is 18.3 Å². The Hall–Kier alpha value is -0.980. The highest BCUT2D eigenvalue weighted by Crippen LogP contribution is 2.31. The summed E-state index contributed by atoms with van der Waals surface area (Å²) >= 11 is 5.81. The second-order valence-electron chi connectivity index (χ2n) is 3.89. The second-order valence-corrected chi connectivity index (χ2v) is 6.16. The number of phenols is 1. The van der Waals surface area contributed by atoms with Crippen molar-refractivity contribution in [3.05, 3.63) is 22.7 Å². The molecule has 0 amide bonds. The molecule has 7 heteroatoms. The van der Waals surface area contributed by atoms with Crippen molar-refractivity contribution in [3.63, 3.8) is 0 Å². The Kier molecular flexibility index (Phi) is 5.25. The highest BCUT2D eigenvalue weighted by Gasteiger charge is 2.14. The van der Waals surface area contributed by atoms with E-state index in [-0.39, 0.29) is 17.2 Å². The molecule has 0 fully saturated rings. The van der Waals surface area contributed by atoms with E-state index in [2.05, 4.69) is 4.72 Å². The number of nitrogens with one attached hydrogen (secondary N) is 1. The van der Waals surface area contributed by atoms with Gasteiger partial charge in [0.25, 0.3) is 0 Å². The van der Waals surface area contributed by atoms with Crippen molar-refractivity contribution in [2.45, 2.75) is 13.3 Å². The number of anilines is 1. The van der Waals surface area contributed by atoms with Crippen LogP contribution in [-0.4, -0.2) is 33.0 Å². The zero-order valence-corrected chi connectivity index (χ0v) is 11.8. The Bertz CT molecular complexity index is 516. The molecule has 2 N–H and O–H groups in total. The van der Waals surface area contributed by atoms with Gasteiger partial charge in [0.15, 0.2) is 0 Å². The smallest absolute Gasteiger partial charge is 0.232 e. The zero-order chi connectivity index (χ0) is 13.8. The minimum Gasteiger partial charge on any atom is -0.505 e. The van der Waals surface area contributed by atoms with Gasteiger partial charge in [0.1, 0.15) is 5.75 Å². The Labute approximate surface area is 112 Å². The Morgan fingerprint density at radius 2 is 2.11 bits per heavy atom. The third-order valence-corrected chi connectivity index (χ3v) is 3.87. The zero-order valence-electron chi connectivity index (χ0n) is 10.2. The number of hydrogen-bond donors (Lipinski definition) is 2. The highest BCUT2D eigenvalue weighted by atomic mass is 35.5. The molecule has 18 heavy (non-hydrogen) atoms. The second kappa shape index (κ2) is 6.26. The summed E-state index contributed by atoms with van der Waals surface area (Å²) < 4.78 is 30.6. The molecular weight excluding hydrogens is 278 g/mol. The summed E-state index contributed by atoms with van der Waals surface area (Å²) in [6, 6.07) is 2.93. The number of hydrogen-bond acceptors (Lipinski definition) is 4. The quantitative estimate of drug-likeness (QED) is 0.622. The van der Waals surface area contributed by atoms with Crippen LogP contribution in [0, 0.1) is 6.92 Å². The maximum absolute atomic E-state index is 11.7. The first kappa shape index (κ1) is 15.1.